The third-order valence-corrected chi connectivity index (χ3v) is 6.85. The van der Waals surface area contributed by atoms with Crippen LogP contribution in [0.1, 0.15) is 24.9 Å². The lowest BCUT2D eigenvalue weighted by atomic mass is 10.0. The average Bonchev–Trinajstić information content (AvgIpc) is 3.02. The zero-order valence-electron chi connectivity index (χ0n) is 16.2. The van der Waals surface area contributed by atoms with Gasteiger partial charge in [0.1, 0.15) is 5.82 Å². The Morgan fingerprint density at radius 1 is 1.32 bits per heavy atom. The number of guanidine groups is 1. The summed E-state index contributed by atoms with van der Waals surface area (Å²) in [6.07, 6.45) is 0.595. The van der Waals surface area contributed by atoms with Crippen molar-refractivity contribution < 1.29 is 17.5 Å². The van der Waals surface area contributed by atoms with Crippen molar-refractivity contribution in [3.8, 4) is 0 Å². The Morgan fingerprint density at radius 2 is 2.04 bits per heavy atom. The maximum absolute atomic E-state index is 13.4. The number of nitrogens with one attached hydrogen (secondary N) is 2. The number of benzene rings is 1. The number of hydrogen-bond donors (Lipinski definition) is 2. The van der Waals surface area contributed by atoms with Gasteiger partial charge in [-0.05, 0) is 31.0 Å². The van der Waals surface area contributed by atoms with Gasteiger partial charge in [-0.25, -0.2) is 12.8 Å². The van der Waals surface area contributed by atoms with Crippen LogP contribution in [0.4, 0.5) is 4.39 Å². The first-order valence-electron chi connectivity index (χ1n) is 9.79. The van der Waals surface area contributed by atoms with Crippen LogP contribution in [-0.4, -0.2) is 76.2 Å². The summed E-state index contributed by atoms with van der Waals surface area (Å²) in [6.45, 7) is 6.07. The summed E-state index contributed by atoms with van der Waals surface area (Å²) in [5.74, 6) is 0.716. The highest BCUT2D eigenvalue weighted by molar-refractivity contribution is 7.91. The van der Waals surface area contributed by atoms with Crippen LogP contribution in [0.15, 0.2) is 29.3 Å². The number of rotatable bonds is 6. The minimum absolute atomic E-state index is 0.00673. The molecule has 2 N–H and O–H groups in total. The average molecular weight is 413 g/mol. The van der Waals surface area contributed by atoms with Gasteiger partial charge in [-0.1, -0.05) is 12.1 Å². The first-order chi connectivity index (χ1) is 13.5. The van der Waals surface area contributed by atoms with Gasteiger partial charge >= 0.3 is 0 Å². The summed E-state index contributed by atoms with van der Waals surface area (Å²) in [5.41, 5.74) is 1.01. The van der Waals surface area contributed by atoms with Crippen molar-refractivity contribution in [1.29, 1.82) is 0 Å². The quantitative estimate of drug-likeness (QED) is 0.535. The molecule has 2 heterocycles. The summed E-state index contributed by atoms with van der Waals surface area (Å²) in [5, 5.41) is 6.44. The van der Waals surface area contributed by atoms with E-state index in [4.69, 9.17) is 9.73 Å². The van der Waals surface area contributed by atoms with Crippen LogP contribution < -0.4 is 10.6 Å². The smallest absolute Gasteiger partial charge is 0.191 e. The van der Waals surface area contributed by atoms with Crippen LogP contribution in [0.5, 0.6) is 0 Å². The van der Waals surface area contributed by atoms with Gasteiger partial charge in [-0.15, -0.1) is 0 Å². The van der Waals surface area contributed by atoms with E-state index in [1.54, 1.807) is 12.1 Å². The Balaban J connectivity index is 1.73. The van der Waals surface area contributed by atoms with Crippen molar-refractivity contribution in [2.24, 2.45) is 4.99 Å². The number of morpholine rings is 1. The predicted octanol–water partition coefficient (Wildman–Crippen LogP) is 0.941. The monoisotopic (exact) mass is 412 g/mol. The lowest BCUT2D eigenvalue weighted by Crippen LogP contribution is -2.45. The van der Waals surface area contributed by atoms with Gasteiger partial charge < -0.3 is 15.4 Å². The fourth-order valence-corrected chi connectivity index (χ4v) is 5.28. The fourth-order valence-electron chi connectivity index (χ4n) is 3.61. The lowest BCUT2D eigenvalue weighted by Gasteiger charge is -2.34. The van der Waals surface area contributed by atoms with Gasteiger partial charge in [0.25, 0.3) is 0 Å². The van der Waals surface area contributed by atoms with E-state index < -0.39 is 9.84 Å². The maximum Gasteiger partial charge on any atom is 0.191 e. The number of hydrogen-bond acceptors (Lipinski definition) is 5. The van der Waals surface area contributed by atoms with Gasteiger partial charge in [-0.2, -0.15) is 0 Å². The van der Waals surface area contributed by atoms with Crippen LogP contribution in [0, 0.1) is 5.82 Å². The molecule has 3 rings (SSSR count). The van der Waals surface area contributed by atoms with Gasteiger partial charge in [-0.3, -0.25) is 9.89 Å². The third-order valence-electron chi connectivity index (χ3n) is 5.08. The molecule has 1 aromatic rings. The van der Waals surface area contributed by atoms with Gasteiger partial charge in [0.15, 0.2) is 15.8 Å². The van der Waals surface area contributed by atoms with Crippen molar-refractivity contribution in [3.05, 3.63) is 35.6 Å². The Kier molecular flexibility index (Phi) is 7.25. The van der Waals surface area contributed by atoms with Crippen molar-refractivity contribution in [3.63, 3.8) is 0 Å². The molecule has 0 aliphatic carbocycles. The Bertz CT molecular complexity index is 764. The summed E-state index contributed by atoms with van der Waals surface area (Å²) < 4.78 is 42.3. The second kappa shape index (κ2) is 9.67. The van der Waals surface area contributed by atoms with Gasteiger partial charge in [0.2, 0.25) is 0 Å². The third kappa shape index (κ3) is 5.89. The Hall–Kier alpha value is -1.71. The van der Waals surface area contributed by atoms with E-state index in [-0.39, 0.29) is 29.4 Å². The first-order valence-corrected chi connectivity index (χ1v) is 11.6. The topological polar surface area (TPSA) is 83.0 Å². The van der Waals surface area contributed by atoms with E-state index in [1.165, 1.54) is 12.1 Å². The molecule has 0 amide bonds. The number of halogens is 1. The second-order valence-electron chi connectivity index (χ2n) is 7.18. The highest BCUT2D eigenvalue weighted by Gasteiger charge is 2.28. The number of ether oxygens (including phenoxy) is 1. The fraction of sp³-hybridized carbons (Fsp3) is 0.632. The summed E-state index contributed by atoms with van der Waals surface area (Å²) >= 11 is 0. The molecule has 0 radical (unpaired) electrons. The van der Waals surface area contributed by atoms with Crippen LogP contribution >= 0.6 is 0 Å². The van der Waals surface area contributed by atoms with Gasteiger partial charge in [0, 0.05) is 25.7 Å². The van der Waals surface area contributed by atoms with E-state index in [0.717, 1.165) is 18.7 Å². The molecule has 2 atom stereocenters. The summed E-state index contributed by atoms with van der Waals surface area (Å²) in [7, 11) is -2.95. The highest BCUT2D eigenvalue weighted by atomic mass is 32.2. The molecule has 28 heavy (non-hydrogen) atoms. The van der Waals surface area contributed by atoms with E-state index in [1.807, 2.05) is 6.92 Å². The molecule has 2 aliphatic heterocycles. The molecular weight excluding hydrogens is 383 g/mol. The number of nitrogens with zero attached hydrogens (tertiary/aromatic N) is 2. The molecule has 156 valence electrons. The zero-order chi connectivity index (χ0) is 20.0. The second-order valence-corrected chi connectivity index (χ2v) is 9.41. The minimum atomic E-state index is -2.95. The summed E-state index contributed by atoms with van der Waals surface area (Å²) in [4.78, 5) is 7.02. The first kappa shape index (κ1) is 21.0. The molecule has 2 fully saturated rings. The molecule has 0 aromatic heterocycles. The van der Waals surface area contributed by atoms with Crippen LogP contribution in [0.25, 0.3) is 0 Å². The molecule has 7 nitrogen and oxygen atoms in total. The highest BCUT2D eigenvalue weighted by Crippen LogP contribution is 2.23. The van der Waals surface area contributed by atoms with Crippen LogP contribution in [0.2, 0.25) is 0 Å². The summed E-state index contributed by atoms with van der Waals surface area (Å²) in [6, 6.07) is 6.44. The molecule has 2 saturated heterocycles. The Morgan fingerprint density at radius 3 is 2.64 bits per heavy atom. The maximum atomic E-state index is 13.4. The largest absolute Gasteiger partial charge is 0.379 e. The van der Waals surface area contributed by atoms with Crippen molar-refractivity contribution in [2.45, 2.75) is 25.4 Å². The van der Waals surface area contributed by atoms with Crippen molar-refractivity contribution >= 4 is 15.8 Å². The molecule has 0 bridgehead atoms. The van der Waals surface area contributed by atoms with Crippen LogP contribution in [0.3, 0.4) is 0 Å². The van der Waals surface area contributed by atoms with E-state index >= 15 is 0 Å². The van der Waals surface area contributed by atoms with E-state index in [2.05, 4.69) is 15.5 Å². The molecular formula is C19H29FN4O3S. The normalized spacial score (nSPS) is 24.1. The SMILES string of the molecule is CCNC(=NCC(c1ccc(F)cc1)N1CCOCC1)NC1CCS(=O)(=O)C1. The standard InChI is InChI=1S/C19H29FN4O3S/c1-2-21-19(23-17-7-12-28(25,26)14-17)22-13-18(24-8-10-27-11-9-24)15-3-5-16(20)6-4-15/h3-6,17-18H,2,7-14H2,1H3,(H2,21,22,23). The predicted molar refractivity (Wildman–Crippen MR) is 108 cm³/mol. The number of sulfone groups is 1. The van der Waals surface area contributed by atoms with Gasteiger partial charge in [0.05, 0.1) is 37.3 Å². The van der Waals surface area contributed by atoms with Crippen LogP contribution in [-0.2, 0) is 14.6 Å². The van der Waals surface area contributed by atoms with Crippen molar-refractivity contribution in [2.75, 3.05) is 50.9 Å². The number of aliphatic imine (C=N–C) groups is 1. The molecule has 0 spiro atoms. The molecule has 9 heteroatoms. The molecule has 0 saturated carbocycles. The zero-order valence-corrected chi connectivity index (χ0v) is 17.0. The molecule has 2 aliphatic rings. The Labute approximate surface area is 166 Å². The minimum Gasteiger partial charge on any atom is -0.379 e. The van der Waals surface area contributed by atoms with E-state index in [0.29, 0.717) is 38.7 Å². The lowest BCUT2D eigenvalue weighted by molar-refractivity contribution is 0.0179. The van der Waals surface area contributed by atoms with Crippen molar-refractivity contribution in [1.82, 2.24) is 15.5 Å². The van der Waals surface area contributed by atoms with E-state index in [9.17, 15) is 12.8 Å². The molecule has 1 aromatic carbocycles. The molecule has 2 unspecified atom stereocenters.